The summed E-state index contributed by atoms with van der Waals surface area (Å²) < 4.78 is 0.946. The Hall–Kier alpha value is -2.73. The minimum Gasteiger partial charge on any atom is -0.324 e. The first-order valence-electron chi connectivity index (χ1n) is 7.76. The van der Waals surface area contributed by atoms with Crippen LogP contribution in [-0.2, 0) is 0 Å². The summed E-state index contributed by atoms with van der Waals surface area (Å²) in [6.45, 7) is 3.99. The first kappa shape index (κ1) is 17.1. The van der Waals surface area contributed by atoms with Gasteiger partial charge in [0, 0.05) is 22.0 Å². The van der Waals surface area contributed by atoms with E-state index in [1.807, 2.05) is 56.3 Å². The average Bonchev–Trinajstić information content (AvgIpc) is 2.59. The van der Waals surface area contributed by atoms with Gasteiger partial charge >= 0.3 is 0 Å². The number of nitrogens with zero attached hydrogens (tertiary/aromatic N) is 2. The van der Waals surface area contributed by atoms with E-state index in [1.165, 1.54) is 0 Å². The molecule has 0 unspecified atom stereocenters. The number of anilines is 3. The standard InChI is InChI=1S/C19H17BrN4O/c1-12-5-3-8-16(13(12)2)23-18(25)17-9-10-21-19(24-17)22-15-7-4-6-14(20)11-15/h3-11H,1-2H3,(H,23,25)(H,21,22,24). The molecule has 0 saturated carbocycles. The van der Waals surface area contributed by atoms with E-state index in [9.17, 15) is 4.79 Å². The first-order chi connectivity index (χ1) is 12.0. The van der Waals surface area contributed by atoms with Gasteiger partial charge in [-0.15, -0.1) is 0 Å². The van der Waals surface area contributed by atoms with E-state index in [2.05, 4.69) is 36.5 Å². The molecule has 3 rings (SSSR count). The van der Waals surface area contributed by atoms with E-state index in [-0.39, 0.29) is 5.91 Å². The first-order valence-corrected chi connectivity index (χ1v) is 8.55. The molecule has 3 aromatic rings. The lowest BCUT2D eigenvalue weighted by molar-refractivity contribution is 0.102. The lowest BCUT2D eigenvalue weighted by Crippen LogP contribution is -2.15. The van der Waals surface area contributed by atoms with Crippen LogP contribution in [0.2, 0.25) is 0 Å². The molecule has 0 atom stereocenters. The van der Waals surface area contributed by atoms with Crippen molar-refractivity contribution in [3.8, 4) is 0 Å². The van der Waals surface area contributed by atoms with Crippen LogP contribution in [0.3, 0.4) is 0 Å². The molecule has 5 nitrogen and oxygen atoms in total. The Balaban J connectivity index is 1.78. The average molecular weight is 397 g/mol. The van der Waals surface area contributed by atoms with Gasteiger partial charge in [-0.25, -0.2) is 9.97 Å². The number of nitrogens with one attached hydrogen (secondary N) is 2. The Bertz CT molecular complexity index is 927. The summed E-state index contributed by atoms with van der Waals surface area (Å²) in [6, 6.07) is 15.0. The highest BCUT2D eigenvalue weighted by Crippen LogP contribution is 2.20. The number of benzene rings is 2. The number of aryl methyl sites for hydroxylation is 1. The number of rotatable bonds is 4. The number of hydrogen-bond acceptors (Lipinski definition) is 4. The Labute approximate surface area is 154 Å². The lowest BCUT2D eigenvalue weighted by atomic mass is 10.1. The number of carbonyl (C=O) groups excluding carboxylic acids is 1. The maximum absolute atomic E-state index is 12.5. The molecular weight excluding hydrogens is 380 g/mol. The molecule has 6 heteroatoms. The zero-order valence-electron chi connectivity index (χ0n) is 13.9. The topological polar surface area (TPSA) is 66.9 Å². The van der Waals surface area contributed by atoms with Crippen molar-refractivity contribution in [1.82, 2.24) is 9.97 Å². The molecule has 0 aliphatic carbocycles. The van der Waals surface area contributed by atoms with Gasteiger partial charge in [-0.2, -0.15) is 0 Å². The van der Waals surface area contributed by atoms with Crippen molar-refractivity contribution in [1.29, 1.82) is 0 Å². The molecule has 0 bridgehead atoms. The van der Waals surface area contributed by atoms with Crippen LogP contribution in [0, 0.1) is 13.8 Å². The van der Waals surface area contributed by atoms with E-state index in [0.29, 0.717) is 11.6 Å². The number of halogens is 1. The normalized spacial score (nSPS) is 10.4. The Morgan fingerprint density at radius 1 is 1.08 bits per heavy atom. The SMILES string of the molecule is Cc1cccc(NC(=O)c2ccnc(Nc3cccc(Br)c3)n2)c1C. The summed E-state index contributed by atoms with van der Waals surface area (Å²) in [5, 5.41) is 6.00. The second kappa shape index (κ2) is 7.44. The molecule has 0 radical (unpaired) electrons. The van der Waals surface area contributed by atoms with Crippen molar-refractivity contribution in [3.63, 3.8) is 0 Å². The fourth-order valence-corrected chi connectivity index (χ4v) is 2.71. The molecule has 1 aromatic heterocycles. The van der Waals surface area contributed by atoms with Gasteiger partial charge in [-0.1, -0.05) is 34.1 Å². The van der Waals surface area contributed by atoms with E-state index < -0.39 is 0 Å². The zero-order chi connectivity index (χ0) is 17.8. The van der Waals surface area contributed by atoms with Crippen molar-refractivity contribution in [2.75, 3.05) is 10.6 Å². The second-order valence-corrected chi connectivity index (χ2v) is 6.52. The van der Waals surface area contributed by atoms with Crippen molar-refractivity contribution in [3.05, 3.63) is 76.0 Å². The lowest BCUT2D eigenvalue weighted by Gasteiger charge is -2.11. The predicted molar refractivity (Wildman–Crippen MR) is 103 cm³/mol. The van der Waals surface area contributed by atoms with Crippen LogP contribution in [0.1, 0.15) is 21.6 Å². The van der Waals surface area contributed by atoms with Crippen LogP contribution in [-0.4, -0.2) is 15.9 Å². The van der Waals surface area contributed by atoms with Crippen molar-refractivity contribution >= 4 is 39.2 Å². The molecule has 0 fully saturated rings. The molecule has 0 saturated heterocycles. The summed E-state index contributed by atoms with van der Waals surface area (Å²) in [6.07, 6.45) is 1.56. The maximum atomic E-state index is 12.5. The molecular formula is C19H17BrN4O. The largest absolute Gasteiger partial charge is 0.324 e. The molecule has 25 heavy (non-hydrogen) atoms. The third kappa shape index (κ3) is 4.22. The minimum absolute atomic E-state index is 0.270. The summed E-state index contributed by atoms with van der Waals surface area (Å²) in [5.74, 6) is 0.0973. The Kier molecular flexibility index (Phi) is 5.09. The zero-order valence-corrected chi connectivity index (χ0v) is 15.5. The molecule has 1 amide bonds. The van der Waals surface area contributed by atoms with Gasteiger partial charge in [0.05, 0.1) is 0 Å². The van der Waals surface area contributed by atoms with Gasteiger partial charge in [-0.3, -0.25) is 4.79 Å². The quantitative estimate of drug-likeness (QED) is 0.661. The molecule has 0 aliphatic heterocycles. The van der Waals surface area contributed by atoms with Gasteiger partial charge < -0.3 is 10.6 Å². The van der Waals surface area contributed by atoms with Gasteiger partial charge in [0.1, 0.15) is 5.69 Å². The van der Waals surface area contributed by atoms with Crippen LogP contribution in [0.4, 0.5) is 17.3 Å². The maximum Gasteiger partial charge on any atom is 0.274 e. The van der Waals surface area contributed by atoms with Crippen LogP contribution >= 0.6 is 15.9 Å². The van der Waals surface area contributed by atoms with Crippen LogP contribution in [0.25, 0.3) is 0 Å². The highest BCUT2D eigenvalue weighted by molar-refractivity contribution is 9.10. The van der Waals surface area contributed by atoms with Gasteiger partial charge in [0.2, 0.25) is 5.95 Å². The van der Waals surface area contributed by atoms with Crippen LogP contribution in [0.5, 0.6) is 0 Å². The van der Waals surface area contributed by atoms with Crippen LogP contribution < -0.4 is 10.6 Å². The number of amides is 1. The fourth-order valence-electron chi connectivity index (χ4n) is 2.31. The molecule has 1 heterocycles. The predicted octanol–water partition coefficient (Wildman–Crippen LogP) is 4.85. The van der Waals surface area contributed by atoms with E-state index in [0.717, 1.165) is 27.0 Å². The molecule has 0 spiro atoms. The monoisotopic (exact) mass is 396 g/mol. The second-order valence-electron chi connectivity index (χ2n) is 5.60. The summed E-state index contributed by atoms with van der Waals surface area (Å²) >= 11 is 3.42. The van der Waals surface area contributed by atoms with Gasteiger partial charge in [-0.05, 0) is 55.3 Å². The van der Waals surface area contributed by atoms with Crippen molar-refractivity contribution in [2.24, 2.45) is 0 Å². The summed E-state index contributed by atoms with van der Waals surface area (Å²) in [4.78, 5) is 21.0. The number of aromatic nitrogens is 2. The van der Waals surface area contributed by atoms with Crippen LogP contribution in [0.15, 0.2) is 59.2 Å². The van der Waals surface area contributed by atoms with Crippen molar-refractivity contribution in [2.45, 2.75) is 13.8 Å². The highest BCUT2D eigenvalue weighted by atomic mass is 79.9. The fraction of sp³-hybridized carbons (Fsp3) is 0.105. The molecule has 2 N–H and O–H groups in total. The summed E-state index contributed by atoms with van der Waals surface area (Å²) in [5.41, 5.74) is 4.08. The molecule has 126 valence electrons. The number of hydrogen-bond donors (Lipinski definition) is 2. The smallest absolute Gasteiger partial charge is 0.274 e. The van der Waals surface area contributed by atoms with E-state index >= 15 is 0 Å². The van der Waals surface area contributed by atoms with Crippen molar-refractivity contribution < 1.29 is 4.79 Å². The third-order valence-corrected chi connectivity index (χ3v) is 4.32. The minimum atomic E-state index is -0.270. The third-order valence-electron chi connectivity index (χ3n) is 3.82. The molecule has 2 aromatic carbocycles. The van der Waals surface area contributed by atoms with E-state index in [1.54, 1.807) is 12.3 Å². The molecule has 0 aliphatic rings. The Morgan fingerprint density at radius 3 is 2.68 bits per heavy atom. The number of carbonyl (C=O) groups is 1. The summed E-state index contributed by atoms with van der Waals surface area (Å²) in [7, 11) is 0. The Morgan fingerprint density at radius 2 is 1.88 bits per heavy atom. The highest BCUT2D eigenvalue weighted by Gasteiger charge is 2.11. The van der Waals surface area contributed by atoms with Gasteiger partial charge in [0.15, 0.2) is 0 Å². The van der Waals surface area contributed by atoms with Gasteiger partial charge in [0.25, 0.3) is 5.91 Å². The van der Waals surface area contributed by atoms with E-state index in [4.69, 9.17) is 0 Å².